The number of rotatable bonds is 16. The maximum absolute atomic E-state index is 10.2. The summed E-state index contributed by atoms with van der Waals surface area (Å²) in [4.78, 5) is 10.2. The number of hydrogen-bond acceptors (Lipinski definition) is 2. The molecule has 2 nitrogen and oxygen atoms in total. The molecule has 0 saturated heterocycles. The minimum atomic E-state index is 0.522. The quantitative estimate of drug-likeness (QED) is 0.324. The maximum atomic E-state index is 10.2. The van der Waals surface area contributed by atoms with Crippen LogP contribution in [0.1, 0.15) is 97.8 Å². The zero-order chi connectivity index (χ0) is 15.8. The second-order valence-corrected chi connectivity index (χ2v) is 6.47. The van der Waals surface area contributed by atoms with Gasteiger partial charge in [0.05, 0.1) is 6.61 Å². The van der Waals surface area contributed by atoms with Crippen LogP contribution in [0, 0.1) is 11.8 Å². The second-order valence-electron chi connectivity index (χ2n) is 6.47. The van der Waals surface area contributed by atoms with E-state index in [0.717, 1.165) is 12.3 Å². The molecule has 0 heterocycles. The van der Waals surface area contributed by atoms with E-state index in [1.54, 1.807) is 6.47 Å². The Hall–Kier alpha value is -0.530. The molecule has 0 bridgehead atoms. The molecule has 0 saturated carbocycles. The number of hydrogen-bond donors (Lipinski definition) is 0. The van der Waals surface area contributed by atoms with Gasteiger partial charge in [0.15, 0.2) is 0 Å². The van der Waals surface area contributed by atoms with E-state index in [2.05, 4.69) is 20.8 Å². The van der Waals surface area contributed by atoms with E-state index in [-0.39, 0.29) is 0 Å². The van der Waals surface area contributed by atoms with Gasteiger partial charge in [-0.1, -0.05) is 91.4 Å². The van der Waals surface area contributed by atoms with E-state index >= 15 is 0 Å². The van der Waals surface area contributed by atoms with Gasteiger partial charge in [-0.05, 0) is 18.3 Å². The summed E-state index contributed by atoms with van der Waals surface area (Å²) < 4.78 is 4.86. The number of ether oxygens (including phenoxy) is 1. The summed E-state index contributed by atoms with van der Waals surface area (Å²) in [5.74, 6) is 1.34. The SMILES string of the molecule is CCCCCCCCC(CCCC)CC(CC)CO[C]=O. The highest BCUT2D eigenvalue weighted by Gasteiger charge is 2.15. The van der Waals surface area contributed by atoms with Crippen LogP contribution in [0.2, 0.25) is 0 Å². The van der Waals surface area contributed by atoms with Crippen LogP contribution in [0.25, 0.3) is 0 Å². The van der Waals surface area contributed by atoms with Crippen LogP contribution in [0.5, 0.6) is 0 Å². The van der Waals surface area contributed by atoms with E-state index in [1.165, 1.54) is 70.6 Å². The van der Waals surface area contributed by atoms with Crippen LogP contribution in [0.4, 0.5) is 0 Å². The molecule has 0 aromatic heterocycles. The van der Waals surface area contributed by atoms with Crippen molar-refractivity contribution in [1.82, 2.24) is 0 Å². The molecule has 2 unspecified atom stereocenters. The molecule has 0 N–H and O–H groups in total. The van der Waals surface area contributed by atoms with Crippen LogP contribution < -0.4 is 0 Å². The summed E-state index contributed by atoms with van der Waals surface area (Å²) in [5, 5.41) is 0. The minimum Gasteiger partial charge on any atom is -0.457 e. The Labute approximate surface area is 133 Å². The van der Waals surface area contributed by atoms with Gasteiger partial charge in [-0.25, -0.2) is 4.79 Å². The lowest BCUT2D eigenvalue weighted by atomic mass is 9.86. The highest BCUT2D eigenvalue weighted by Crippen LogP contribution is 2.26. The van der Waals surface area contributed by atoms with Gasteiger partial charge in [-0.3, -0.25) is 0 Å². The average molecular weight is 298 g/mol. The standard InChI is InChI=1S/C19H37O2/c1-4-7-9-10-11-12-14-19(13-8-5-2)15-18(6-3)16-21-17-20/h18-19H,4-16H2,1-3H3. The van der Waals surface area contributed by atoms with Crippen molar-refractivity contribution < 1.29 is 9.53 Å². The molecule has 0 amide bonds. The third kappa shape index (κ3) is 12.9. The third-order valence-corrected chi connectivity index (χ3v) is 4.55. The zero-order valence-electron chi connectivity index (χ0n) is 14.7. The lowest BCUT2D eigenvalue weighted by Crippen LogP contribution is -2.14. The molecule has 0 fully saturated rings. The predicted octanol–water partition coefficient (Wildman–Crippen LogP) is 6.04. The van der Waals surface area contributed by atoms with Gasteiger partial charge in [0.25, 0.3) is 0 Å². The van der Waals surface area contributed by atoms with Crippen LogP contribution in [-0.4, -0.2) is 13.1 Å². The van der Waals surface area contributed by atoms with E-state index in [0.29, 0.717) is 12.5 Å². The van der Waals surface area contributed by atoms with Gasteiger partial charge in [-0.15, -0.1) is 0 Å². The van der Waals surface area contributed by atoms with Gasteiger partial charge in [0.2, 0.25) is 0 Å². The van der Waals surface area contributed by atoms with E-state index in [1.807, 2.05) is 0 Å². The molecule has 0 rings (SSSR count). The van der Waals surface area contributed by atoms with Gasteiger partial charge in [-0.2, -0.15) is 0 Å². The largest absolute Gasteiger partial charge is 0.457 e. The first-order valence-electron chi connectivity index (χ1n) is 9.27. The molecular formula is C19H37O2. The fraction of sp³-hybridized carbons (Fsp3) is 0.947. The molecule has 0 aliphatic heterocycles. The normalized spacial score (nSPS) is 13.9. The average Bonchev–Trinajstić information content (AvgIpc) is 2.51. The Morgan fingerprint density at radius 1 is 0.810 bits per heavy atom. The first-order chi connectivity index (χ1) is 10.3. The lowest BCUT2D eigenvalue weighted by Gasteiger charge is -2.22. The van der Waals surface area contributed by atoms with Crippen molar-refractivity contribution in [2.45, 2.75) is 97.8 Å². The molecule has 0 aliphatic carbocycles. The summed E-state index contributed by atoms with van der Waals surface area (Å²) in [5.41, 5.74) is 0. The van der Waals surface area contributed by atoms with Crippen molar-refractivity contribution in [3.8, 4) is 0 Å². The van der Waals surface area contributed by atoms with Gasteiger partial charge >= 0.3 is 6.47 Å². The molecule has 125 valence electrons. The highest BCUT2D eigenvalue weighted by atomic mass is 16.5. The molecule has 0 aliphatic rings. The molecular weight excluding hydrogens is 260 g/mol. The van der Waals surface area contributed by atoms with Crippen LogP contribution in [0.3, 0.4) is 0 Å². The molecule has 0 aromatic rings. The van der Waals surface area contributed by atoms with Crippen molar-refractivity contribution in [3.63, 3.8) is 0 Å². The summed E-state index contributed by atoms with van der Waals surface area (Å²) in [7, 11) is 0. The first-order valence-corrected chi connectivity index (χ1v) is 9.27. The molecule has 0 spiro atoms. The van der Waals surface area contributed by atoms with Crippen molar-refractivity contribution in [2.75, 3.05) is 6.61 Å². The summed E-state index contributed by atoms with van der Waals surface area (Å²) >= 11 is 0. The van der Waals surface area contributed by atoms with Crippen LogP contribution in [0.15, 0.2) is 0 Å². The Kier molecular flexibility index (Phi) is 15.5. The molecule has 1 radical (unpaired) electrons. The number of carbonyl (C=O) groups excluding carboxylic acids is 1. The van der Waals surface area contributed by atoms with E-state index < -0.39 is 0 Å². The summed E-state index contributed by atoms with van der Waals surface area (Å²) in [6.07, 6.45) is 15.9. The predicted molar refractivity (Wildman–Crippen MR) is 91.1 cm³/mol. The Morgan fingerprint density at radius 2 is 1.43 bits per heavy atom. The molecule has 21 heavy (non-hydrogen) atoms. The van der Waals surface area contributed by atoms with E-state index in [4.69, 9.17) is 4.74 Å². The Morgan fingerprint density at radius 3 is 2.05 bits per heavy atom. The monoisotopic (exact) mass is 297 g/mol. The molecule has 0 aromatic carbocycles. The van der Waals surface area contributed by atoms with Crippen molar-refractivity contribution in [1.29, 1.82) is 0 Å². The third-order valence-electron chi connectivity index (χ3n) is 4.55. The fourth-order valence-electron chi connectivity index (χ4n) is 3.06. The molecule has 2 heteroatoms. The van der Waals surface area contributed by atoms with Gasteiger partial charge in [0, 0.05) is 0 Å². The number of unbranched alkanes of at least 4 members (excludes halogenated alkanes) is 6. The minimum absolute atomic E-state index is 0.522. The Balaban J connectivity index is 3.96. The van der Waals surface area contributed by atoms with Gasteiger partial charge in [0.1, 0.15) is 0 Å². The van der Waals surface area contributed by atoms with E-state index in [9.17, 15) is 4.79 Å². The van der Waals surface area contributed by atoms with Crippen molar-refractivity contribution >= 4 is 6.47 Å². The van der Waals surface area contributed by atoms with Crippen molar-refractivity contribution in [3.05, 3.63) is 0 Å². The summed E-state index contributed by atoms with van der Waals surface area (Å²) in [6.45, 7) is 8.86. The van der Waals surface area contributed by atoms with Gasteiger partial charge < -0.3 is 4.74 Å². The smallest absolute Gasteiger partial charge is 0.417 e. The lowest BCUT2D eigenvalue weighted by molar-refractivity contribution is 0.188. The Bertz CT molecular complexity index is 216. The molecule has 2 atom stereocenters. The second kappa shape index (κ2) is 15.9. The highest BCUT2D eigenvalue weighted by molar-refractivity contribution is 5.38. The fourth-order valence-corrected chi connectivity index (χ4v) is 3.06. The van der Waals surface area contributed by atoms with Crippen LogP contribution >= 0.6 is 0 Å². The first kappa shape index (κ1) is 20.5. The van der Waals surface area contributed by atoms with Crippen LogP contribution in [-0.2, 0) is 9.53 Å². The van der Waals surface area contributed by atoms with Crippen molar-refractivity contribution in [2.24, 2.45) is 11.8 Å². The maximum Gasteiger partial charge on any atom is 0.417 e. The topological polar surface area (TPSA) is 26.3 Å². The zero-order valence-corrected chi connectivity index (χ0v) is 14.7. The summed E-state index contributed by atoms with van der Waals surface area (Å²) in [6, 6.07) is 0.